The molecule has 1 N–H and O–H groups in total. The van der Waals surface area contributed by atoms with E-state index in [1.165, 1.54) is 31.2 Å². The molecule has 88 valence electrons. The highest BCUT2D eigenvalue weighted by Gasteiger charge is 2.21. The molecule has 0 amide bonds. The van der Waals surface area contributed by atoms with Crippen molar-refractivity contribution in [2.24, 2.45) is 0 Å². The van der Waals surface area contributed by atoms with Crippen molar-refractivity contribution in [2.75, 3.05) is 7.05 Å². The Bertz CT molecular complexity index is 332. The maximum atomic E-state index is 4.45. The number of hydrogen-bond donors (Lipinski definition) is 1. The van der Waals surface area contributed by atoms with Crippen molar-refractivity contribution in [1.29, 1.82) is 0 Å². The Morgan fingerprint density at radius 2 is 1.62 bits per heavy atom. The Balaban J connectivity index is 2.08. The topological polar surface area (TPSA) is 24.9 Å². The first kappa shape index (κ1) is 11.6. The summed E-state index contributed by atoms with van der Waals surface area (Å²) in [6.45, 7) is 4.19. The van der Waals surface area contributed by atoms with Gasteiger partial charge in [-0.2, -0.15) is 0 Å². The Morgan fingerprint density at radius 3 is 2.12 bits per heavy atom. The molecule has 0 aromatic carbocycles. The summed E-state index contributed by atoms with van der Waals surface area (Å²) in [6.07, 6.45) is 5.24. The highest BCUT2D eigenvalue weighted by Crippen LogP contribution is 2.33. The van der Waals surface area contributed by atoms with Crippen LogP contribution in [0.4, 0.5) is 0 Å². The number of nitrogens with zero attached hydrogens (tertiary/aromatic N) is 1. The lowest BCUT2D eigenvalue weighted by atomic mass is 9.81. The van der Waals surface area contributed by atoms with Gasteiger partial charge in [0.05, 0.1) is 0 Å². The van der Waals surface area contributed by atoms with Crippen molar-refractivity contribution in [1.82, 2.24) is 10.3 Å². The van der Waals surface area contributed by atoms with E-state index in [1.807, 2.05) is 0 Å². The second-order valence-electron chi connectivity index (χ2n) is 5.02. The Labute approximate surface area is 98.5 Å². The smallest absolute Gasteiger partial charge is 0.0378 e. The third kappa shape index (κ3) is 2.62. The molecule has 0 aliphatic heterocycles. The van der Waals surface area contributed by atoms with Gasteiger partial charge in [0.2, 0.25) is 0 Å². The van der Waals surface area contributed by atoms with E-state index in [0.29, 0.717) is 0 Å². The van der Waals surface area contributed by atoms with E-state index >= 15 is 0 Å². The van der Waals surface area contributed by atoms with Gasteiger partial charge in [-0.05, 0) is 70.2 Å². The van der Waals surface area contributed by atoms with Gasteiger partial charge in [0.1, 0.15) is 0 Å². The summed E-state index contributed by atoms with van der Waals surface area (Å²) in [5.41, 5.74) is 3.82. The normalized spacial score (nSPS) is 25.7. The van der Waals surface area contributed by atoms with Crippen LogP contribution in [-0.2, 0) is 0 Å². The molecule has 2 rings (SSSR count). The molecule has 1 aliphatic rings. The molecule has 2 heteroatoms. The number of hydrogen-bond acceptors (Lipinski definition) is 2. The Morgan fingerprint density at radius 1 is 1.06 bits per heavy atom. The fourth-order valence-electron chi connectivity index (χ4n) is 2.82. The molecule has 0 spiro atoms. The number of aromatic nitrogens is 1. The maximum Gasteiger partial charge on any atom is 0.0378 e. The monoisotopic (exact) mass is 218 g/mol. The molecule has 0 unspecified atom stereocenters. The van der Waals surface area contributed by atoms with Gasteiger partial charge in [0.15, 0.2) is 0 Å². The molecular formula is C14H22N2. The van der Waals surface area contributed by atoms with Gasteiger partial charge in [-0.1, -0.05) is 0 Å². The van der Waals surface area contributed by atoms with Crippen LogP contribution in [0.1, 0.15) is 48.6 Å². The zero-order valence-corrected chi connectivity index (χ0v) is 10.6. The lowest BCUT2D eigenvalue weighted by Gasteiger charge is -2.28. The van der Waals surface area contributed by atoms with Crippen molar-refractivity contribution in [3.05, 3.63) is 29.1 Å². The number of rotatable bonds is 2. The van der Waals surface area contributed by atoms with Crippen molar-refractivity contribution in [2.45, 2.75) is 51.5 Å². The van der Waals surface area contributed by atoms with Gasteiger partial charge >= 0.3 is 0 Å². The molecule has 1 saturated carbocycles. The van der Waals surface area contributed by atoms with Crippen molar-refractivity contribution < 1.29 is 0 Å². The van der Waals surface area contributed by atoms with Gasteiger partial charge in [-0.25, -0.2) is 0 Å². The van der Waals surface area contributed by atoms with Gasteiger partial charge in [0.25, 0.3) is 0 Å². The SMILES string of the molecule is CNC1CCC(c2cc(C)nc(C)c2)CC1. The molecule has 1 aliphatic carbocycles. The largest absolute Gasteiger partial charge is 0.317 e. The lowest BCUT2D eigenvalue weighted by molar-refractivity contribution is 0.358. The second-order valence-corrected chi connectivity index (χ2v) is 5.02. The molecular weight excluding hydrogens is 196 g/mol. The maximum absolute atomic E-state index is 4.45. The van der Waals surface area contributed by atoms with Gasteiger partial charge < -0.3 is 5.32 Å². The van der Waals surface area contributed by atoms with Crippen LogP contribution < -0.4 is 5.32 Å². The van der Waals surface area contributed by atoms with E-state index in [9.17, 15) is 0 Å². The first-order valence-corrected chi connectivity index (χ1v) is 6.31. The fraction of sp³-hybridized carbons (Fsp3) is 0.643. The number of aryl methyl sites for hydroxylation is 2. The lowest BCUT2D eigenvalue weighted by Crippen LogP contribution is -2.29. The van der Waals surface area contributed by atoms with Crippen LogP contribution in [0, 0.1) is 13.8 Å². The molecule has 0 saturated heterocycles. The molecule has 1 fully saturated rings. The van der Waals surface area contributed by atoms with Crippen LogP contribution in [-0.4, -0.2) is 18.1 Å². The summed E-state index contributed by atoms with van der Waals surface area (Å²) in [4.78, 5) is 4.45. The average molecular weight is 218 g/mol. The van der Waals surface area contributed by atoms with Crippen molar-refractivity contribution in [3.8, 4) is 0 Å². The minimum atomic E-state index is 0.736. The standard InChI is InChI=1S/C14H22N2/c1-10-8-13(9-11(2)16-10)12-4-6-14(15-3)7-5-12/h8-9,12,14-15H,4-7H2,1-3H3. The predicted molar refractivity (Wildman–Crippen MR) is 67.8 cm³/mol. The third-order valence-electron chi connectivity index (χ3n) is 3.71. The molecule has 0 radical (unpaired) electrons. The molecule has 0 bridgehead atoms. The average Bonchev–Trinajstić information content (AvgIpc) is 2.28. The second kappa shape index (κ2) is 4.96. The first-order chi connectivity index (χ1) is 7.69. The van der Waals surface area contributed by atoms with Crippen LogP contribution in [0.15, 0.2) is 12.1 Å². The van der Waals surface area contributed by atoms with Crippen LogP contribution in [0.2, 0.25) is 0 Å². The molecule has 2 nitrogen and oxygen atoms in total. The summed E-state index contributed by atoms with van der Waals surface area (Å²) in [5, 5.41) is 3.39. The molecule has 1 aromatic heterocycles. The van der Waals surface area contributed by atoms with E-state index in [-0.39, 0.29) is 0 Å². The summed E-state index contributed by atoms with van der Waals surface area (Å²) in [6, 6.07) is 5.26. The summed E-state index contributed by atoms with van der Waals surface area (Å²) < 4.78 is 0. The predicted octanol–water partition coefficient (Wildman–Crippen LogP) is 2.94. The van der Waals surface area contributed by atoms with Gasteiger partial charge in [-0.15, -0.1) is 0 Å². The van der Waals surface area contributed by atoms with Crippen LogP contribution >= 0.6 is 0 Å². The summed E-state index contributed by atoms with van der Waals surface area (Å²) in [5.74, 6) is 0.755. The Kier molecular flexibility index (Phi) is 3.59. The van der Waals surface area contributed by atoms with Crippen LogP contribution in [0.3, 0.4) is 0 Å². The van der Waals surface area contributed by atoms with Gasteiger partial charge in [0, 0.05) is 17.4 Å². The summed E-state index contributed by atoms with van der Waals surface area (Å²) >= 11 is 0. The van der Waals surface area contributed by atoms with E-state index in [4.69, 9.17) is 0 Å². The molecule has 1 heterocycles. The Hall–Kier alpha value is -0.890. The van der Waals surface area contributed by atoms with Gasteiger partial charge in [-0.3, -0.25) is 4.98 Å². The fourth-order valence-corrected chi connectivity index (χ4v) is 2.82. The van der Waals surface area contributed by atoms with E-state index in [0.717, 1.165) is 23.3 Å². The molecule has 0 atom stereocenters. The van der Waals surface area contributed by atoms with E-state index in [1.54, 1.807) is 0 Å². The number of pyridine rings is 1. The minimum Gasteiger partial charge on any atom is -0.317 e. The van der Waals surface area contributed by atoms with Crippen molar-refractivity contribution in [3.63, 3.8) is 0 Å². The zero-order chi connectivity index (χ0) is 11.5. The highest BCUT2D eigenvalue weighted by molar-refractivity contribution is 5.24. The molecule has 1 aromatic rings. The summed E-state index contributed by atoms with van der Waals surface area (Å²) in [7, 11) is 2.08. The van der Waals surface area contributed by atoms with Crippen LogP contribution in [0.25, 0.3) is 0 Å². The minimum absolute atomic E-state index is 0.736. The first-order valence-electron chi connectivity index (χ1n) is 6.31. The van der Waals surface area contributed by atoms with Crippen LogP contribution in [0.5, 0.6) is 0 Å². The quantitative estimate of drug-likeness (QED) is 0.825. The zero-order valence-electron chi connectivity index (χ0n) is 10.6. The third-order valence-corrected chi connectivity index (χ3v) is 3.71. The molecule has 16 heavy (non-hydrogen) atoms. The van der Waals surface area contributed by atoms with Crippen molar-refractivity contribution >= 4 is 0 Å². The highest BCUT2D eigenvalue weighted by atomic mass is 14.9. The number of nitrogens with one attached hydrogen (secondary N) is 1. The van der Waals surface area contributed by atoms with E-state index in [2.05, 4.69) is 43.3 Å². The van der Waals surface area contributed by atoms with E-state index < -0.39 is 0 Å².